The summed E-state index contributed by atoms with van der Waals surface area (Å²) < 4.78 is 0. The predicted octanol–water partition coefficient (Wildman–Crippen LogP) is 0.645. The molecule has 1 fully saturated rings. The van der Waals surface area contributed by atoms with Gasteiger partial charge >= 0.3 is 0 Å². The third-order valence-electron chi connectivity index (χ3n) is 2.04. The highest BCUT2D eigenvalue weighted by Crippen LogP contribution is 1.98. The molecule has 0 spiro atoms. The summed E-state index contributed by atoms with van der Waals surface area (Å²) in [5.74, 6) is 1.28. The zero-order chi connectivity index (χ0) is 7.94. The smallest absolute Gasteiger partial charge is 0.0107 e. The molecule has 0 atom stereocenters. The van der Waals surface area contributed by atoms with E-state index in [9.17, 15) is 0 Å². The first-order chi connectivity index (χ1) is 5.43. The normalized spacial score (nSPS) is 21.5. The second-order valence-electron chi connectivity index (χ2n) is 2.94. The van der Waals surface area contributed by atoms with Crippen LogP contribution in [-0.2, 0) is 0 Å². The van der Waals surface area contributed by atoms with E-state index in [4.69, 9.17) is 0 Å². The standard InChI is InChI=1S/C8H18N2S/c1-11-8-7-10-5-2-3-9-4-6-10/h9H,2-8H2,1H3. The van der Waals surface area contributed by atoms with Crippen molar-refractivity contribution in [2.75, 3.05) is 44.7 Å². The molecule has 0 unspecified atom stereocenters. The molecule has 0 aromatic carbocycles. The van der Waals surface area contributed by atoms with Gasteiger partial charge in [0.2, 0.25) is 0 Å². The van der Waals surface area contributed by atoms with E-state index in [1.165, 1.54) is 44.9 Å². The van der Waals surface area contributed by atoms with Crippen LogP contribution in [0.1, 0.15) is 6.42 Å². The molecule has 11 heavy (non-hydrogen) atoms. The lowest BCUT2D eigenvalue weighted by atomic mass is 10.4. The molecule has 0 aromatic rings. The third-order valence-corrected chi connectivity index (χ3v) is 2.64. The maximum atomic E-state index is 3.41. The molecule has 0 radical (unpaired) electrons. The van der Waals surface area contributed by atoms with Gasteiger partial charge in [0, 0.05) is 25.4 Å². The van der Waals surface area contributed by atoms with Crippen molar-refractivity contribution in [3.63, 3.8) is 0 Å². The monoisotopic (exact) mass is 174 g/mol. The molecular weight excluding hydrogens is 156 g/mol. The maximum Gasteiger partial charge on any atom is 0.0107 e. The summed E-state index contributed by atoms with van der Waals surface area (Å²) in [6, 6.07) is 0. The van der Waals surface area contributed by atoms with Gasteiger partial charge in [-0.3, -0.25) is 0 Å². The first kappa shape index (κ1) is 9.36. The van der Waals surface area contributed by atoms with Crippen molar-refractivity contribution in [3.05, 3.63) is 0 Å². The molecule has 1 aliphatic rings. The lowest BCUT2D eigenvalue weighted by Gasteiger charge is -2.18. The van der Waals surface area contributed by atoms with Crippen LogP contribution < -0.4 is 5.32 Å². The Balaban J connectivity index is 2.09. The van der Waals surface area contributed by atoms with Crippen LogP contribution in [0.15, 0.2) is 0 Å². The zero-order valence-electron chi connectivity index (χ0n) is 7.31. The number of hydrogen-bond donors (Lipinski definition) is 1. The number of nitrogens with zero attached hydrogens (tertiary/aromatic N) is 1. The largest absolute Gasteiger partial charge is 0.315 e. The summed E-state index contributed by atoms with van der Waals surface area (Å²) in [5.41, 5.74) is 0. The SMILES string of the molecule is CSCCN1CCCNCC1. The average molecular weight is 174 g/mol. The third kappa shape index (κ3) is 3.99. The summed E-state index contributed by atoms with van der Waals surface area (Å²) in [6.45, 7) is 6.17. The van der Waals surface area contributed by atoms with Crippen LogP contribution in [0.25, 0.3) is 0 Å². The molecule has 0 amide bonds. The Hall–Kier alpha value is 0.270. The van der Waals surface area contributed by atoms with Crippen LogP contribution in [0.3, 0.4) is 0 Å². The van der Waals surface area contributed by atoms with E-state index >= 15 is 0 Å². The Morgan fingerprint density at radius 2 is 2.27 bits per heavy atom. The van der Waals surface area contributed by atoms with Gasteiger partial charge < -0.3 is 10.2 Å². The summed E-state index contributed by atoms with van der Waals surface area (Å²) >= 11 is 1.94. The second-order valence-corrected chi connectivity index (χ2v) is 3.92. The highest BCUT2D eigenvalue weighted by Gasteiger charge is 2.06. The van der Waals surface area contributed by atoms with E-state index in [0.29, 0.717) is 0 Å². The van der Waals surface area contributed by atoms with Crippen LogP contribution >= 0.6 is 11.8 Å². The minimum atomic E-state index is 1.17. The van der Waals surface area contributed by atoms with Crippen LogP contribution in [-0.4, -0.2) is 49.6 Å². The summed E-state index contributed by atoms with van der Waals surface area (Å²) in [5, 5.41) is 3.41. The second kappa shape index (κ2) is 5.86. The minimum absolute atomic E-state index is 1.17. The predicted molar refractivity (Wildman–Crippen MR) is 52.3 cm³/mol. The molecule has 1 N–H and O–H groups in total. The van der Waals surface area contributed by atoms with Gasteiger partial charge in [0.15, 0.2) is 0 Å². The lowest BCUT2D eigenvalue weighted by molar-refractivity contribution is 0.311. The van der Waals surface area contributed by atoms with Gasteiger partial charge in [-0.1, -0.05) is 0 Å². The summed E-state index contributed by atoms with van der Waals surface area (Å²) in [4.78, 5) is 2.55. The molecule has 0 saturated carbocycles. The van der Waals surface area contributed by atoms with Gasteiger partial charge in [0.05, 0.1) is 0 Å². The molecule has 3 heteroatoms. The molecular formula is C8H18N2S. The number of thioether (sulfide) groups is 1. The van der Waals surface area contributed by atoms with E-state index in [0.717, 1.165) is 0 Å². The fourth-order valence-electron chi connectivity index (χ4n) is 1.35. The van der Waals surface area contributed by atoms with Gasteiger partial charge in [-0.2, -0.15) is 11.8 Å². The molecule has 1 heterocycles. The lowest BCUT2D eigenvalue weighted by Crippen LogP contribution is -2.30. The summed E-state index contributed by atoms with van der Waals surface area (Å²) in [6.07, 6.45) is 3.49. The van der Waals surface area contributed by atoms with E-state index in [1.54, 1.807) is 0 Å². The Labute approximate surface area is 73.7 Å². The molecule has 0 bridgehead atoms. The zero-order valence-corrected chi connectivity index (χ0v) is 8.12. The Morgan fingerprint density at radius 3 is 3.09 bits per heavy atom. The molecule has 0 aromatic heterocycles. The van der Waals surface area contributed by atoms with Gasteiger partial charge in [0.1, 0.15) is 0 Å². The van der Waals surface area contributed by atoms with Gasteiger partial charge in [-0.05, 0) is 25.8 Å². The highest BCUT2D eigenvalue weighted by atomic mass is 32.2. The van der Waals surface area contributed by atoms with Crippen LogP contribution in [0, 0.1) is 0 Å². The van der Waals surface area contributed by atoms with Crippen molar-refractivity contribution >= 4 is 11.8 Å². The van der Waals surface area contributed by atoms with Crippen molar-refractivity contribution in [1.82, 2.24) is 10.2 Å². The minimum Gasteiger partial charge on any atom is -0.315 e. The van der Waals surface area contributed by atoms with E-state index in [1.807, 2.05) is 11.8 Å². The number of nitrogens with one attached hydrogen (secondary N) is 1. The fraction of sp³-hybridized carbons (Fsp3) is 1.00. The van der Waals surface area contributed by atoms with Crippen molar-refractivity contribution in [2.24, 2.45) is 0 Å². The van der Waals surface area contributed by atoms with Crippen LogP contribution in [0.5, 0.6) is 0 Å². The molecule has 1 rings (SSSR count). The number of hydrogen-bond acceptors (Lipinski definition) is 3. The quantitative estimate of drug-likeness (QED) is 0.676. The van der Waals surface area contributed by atoms with Crippen molar-refractivity contribution in [2.45, 2.75) is 6.42 Å². The van der Waals surface area contributed by atoms with Crippen molar-refractivity contribution in [1.29, 1.82) is 0 Å². The number of rotatable bonds is 3. The van der Waals surface area contributed by atoms with Gasteiger partial charge in [0.25, 0.3) is 0 Å². The molecule has 66 valence electrons. The van der Waals surface area contributed by atoms with Crippen LogP contribution in [0.4, 0.5) is 0 Å². The molecule has 1 aliphatic heterocycles. The Kier molecular flexibility index (Phi) is 4.99. The first-order valence-corrected chi connectivity index (χ1v) is 5.75. The fourth-order valence-corrected chi connectivity index (χ4v) is 1.79. The van der Waals surface area contributed by atoms with E-state index in [-0.39, 0.29) is 0 Å². The maximum absolute atomic E-state index is 3.41. The highest BCUT2D eigenvalue weighted by molar-refractivity contribution is 7.98. The van der Waals surface area contributed by atoms with E-state index in [2.05, 4.69) is 16.5 Å². The Morgan fingerprint density at radius 1 is 1.36 bits per heavy atom. The van der Waals surface area contributed by atoms with Gasteiger partial charge in [-0.25, -0.2) is 0 Å². The first-order valence-electron chi connectivity index (χ1n) is 4.35. The molecule has 2 nitrogen and oxygen atoms in total. The van der Waals surface area contributed by atoms with E-state index < -0.39 is 0 Å². The van der Waals surface area contributed by atoms with Crippen LogP contribution in [0.2, 0.25) is 0 Å². The van der Waals surface area contributed by atoms with Crippen molar-refractivity contribution in [3.8, 4) is 0 Å². The molecule has 1 saturated heterocycles. The summed E-state index contributed by atoms with van der Waals surface area (Å²) in [7, 11) is 0. The molecule has 0 aliphatic carbocycles. The Bertz CT molecular complexity index is 90.1. The van der Waals surface area contributed by atoms with Gasteiger partial charge in [-0.15, -0.1) is 0 Å². The topological polar surface area (TPSA) is 15.3 Å². The average Bonchev–Trinajstić information content (AvgIpc) is 2.28. The van der Waals surface area contributed by atoms with Crippen molar-refractivity contribution < 1.29 is 0 Å².